The normalized spacial score (nSPS) is 15.6. The zero-order chi connectivity index (χ0) is 17.2. The van der Waals surface area contributed by atoms with Gasteiger partial charge in [0.1, 0.15) is 5.76 Å². The molecule has 1 saturated heterocycles. The Morgan fingerprint density at radius 3 is 2.33 bits per heavy atom. The Morgan fingerprint density at radius 2 is 1.75 bits per heavy atom. The number of nitrogens with zero attached hydrogens (tertiary/aromatic N) is 2. The van der Waals surface area contributed by atoms with Crippen LogP contribution in [0.2, 0.25) is 0 Å². The van der Waals surface area contributed by atoms with E-state index in [2.05, 4.69) is 4.90 Å². The van der Waals surface area contributed by atoms with Gasteiger partial charge in [-0.3, -0.25) is 0 Å². The largest absolute Gasteiger partial charge is 0.441 e. The summed E-state index contributed by atoms with van der Waals surface area (Å²) in [6.45, 7) is 1.89. The second-order valence-electron chi connectivity index (χ2n) is 5.62. The lowest BCUT2D eigenvalue weighted by Crippen LogP contribution is -2.16. The third-order valence-electron chi connectivity index (χ3n) is 3.96. The Hall–Kier alpha value is -2.68. The van der Waals surface area contributed by atoms with Crippen LogP contribution in [-0.4, -0.2) is 13.1 Å². The maximum absolute atomic E-state index is 12.6. The van der Waals surface area contributed by atoms with E-state index in [1.165, 1.54) is 12.1 Å². The maximum Gasteiger partial charge on any atom is 0.416 e. The van der Waals surface area contributed by atoms with Crippen molar-refractivity contribution in [2.75, 3.05) is 18.0 Å². The van der Waals surface area contributed by atoms with Crippen LogP contribution in [0.5, 0.6) is 0 Å². The van der Waals surface area contributed by atoms with Crippen molar-refractivity contribution in [1.29, 1.82) is 5.26 Å². The molecule has 0 saturated carbocycles. The third kappa shape index (κ3) is 3.46. The predicted octanol–water partition coefficient (Wildman–Crippen LogP) is 4.96. The molecule has 0 aliphatic carbocycles. The van der Waals surface area contributed by atoms with Gasteiger partial charge >= 0.3 is 6.18 Å². The van der Waals surface area contributed by atoms with Crippen LogP contribution in [0.1, 0.15) is 29.7 Å². The van der Waals surface area contributed by atoms with Crippen LogP contribution in [0.3, 0.4) is 0 Å². The lowest BCUT2D eigenvalue weighted by Gasteiger charge is -2.12. The molecule has 0 amide bonds. The SMILES string of the molecule is N#C/C(=C/c1ccc(N2CCCC2)o1)c1ccc(C(F)(F)F)cc1. The molecule has 0 spiro atoms. The molecule has 3 rings (SSSR count). The number of alkyl halides is 3. The van der Waals surface area contributed by atoms with Crippen LogP contribution >= 0.6 is 0 Å². The highest BCUT2D eigenvalue weighted by molar-refractivity contribution is 5.88. The fourth-order valence-electron chi connectivity index (χ4n) is 2.69. The first-order valence-corrected chi connectivity index (χ1v) is 7.61. The van der Waals surface area contributed by atoms with E-state index in [0.717, 1.165) is 43.9 Å². The summed E-state index contributed by atoms with van der Waals surface area (Å²) in [6.07, 6.45) is -0.593. The molecule has 2 aromatic rings. The first-order chi connectivity index (χ1) is 11.5. The number of anilines is 1. The molecule has 2 heterocycles. The second-order valence-corrected chi connectivity index (χ2v) is 5.62. The number of allylic oxidation sites excluding steroid dienone is 1. The number of benzene rings is 1. The Labute approximate surface area is 137 Å². The minimum Gasteiger partial charge on any atom is -0.441 e. The van der Waals surface area contributed by atoms with E-state index in [9.17, 15) is 18.4 Å². The fraction of sp³-hybridized carbons (Fsp3) is 0.278. The zero-order valence-electron chi connectivity index (χ0n) is 12.8. The minimum absolute atomic E-state index is 0.256. The van der Waals surface area contributed by atoms with Crippen LogP contribution in [0, 0.1) is 11.3 Å². The topological polar surface area (TPSA) is 40.2 Å². The van der Waals surface area contributed by atoms with Crippen molar-refractivity contribution < 1.29 is 17.6 Å². The quantitative estimate of drug-likeness (QED) is 0.746. The summed E-state index contributed by atoms with van der Waals surface area (Å²) in [4.78, 5) is 2.13. The van der Waals surface area contributed by atoms with E-state index in [1.54, 1.807) is 12.1 Å². The lowest BCUT2D eigenvalue weighted by molar-refractivity contribution is -0.137. The molecule has 24 heavy (non-hydrogen) atoms. The predicted molar refractivity (Wildman–Crippen MR) is 85.1 cm³/mol. The molecule has 1 aromatic carbocycles. The Morgan fingerprint density at radius 1 is 1.08 bits per heavy atom. The summed E-state index contributed by atoms with van der Waals surface area (Å²) in [5.41, 5.74) is -0.0615. The number of nitriles is 1. The number of halogens is 3. The van der Waals surface area contributed by atoms with E-state index in [0.29, 0.717) is 11.3 Å². The monoisotopic (exact) mass is 332 g/mol. The van der Waals surface area contributed by atoms with Crippen molar-refractivity contribution in [3.8, 4) is 6.07 Å². The van der Waals surface area contributed by atoms with E-state index < -0.39 is 11.7 Å². The van der Waals surface area contributed by atoms with Gasteiger partial charge < -0.3 is 9.32 Å². The average Bonchev–Trinajstić information content (AvgIpc) is 3.23. The van der Waals surface area contributed by atoms with Gasteiger partial charge in [0.05, 0.1) is 17.2 Å². The summed E-state index contributed by atoms with van der Waals surface area (Å²) in [5.74, 6) is 1.26. The van der Waals surface area contributed by atoms with Crippen LogP contribution in [0.25, 0.3) is 11.6 Å². The molecule has 1 aliphatic rings. The molecule has 0 unspecified atom stereocenters. The summed E-state index contributed by atoms with van der Waals surface area (Å²) >= 11 is 0. The smallest absolute Gasteiger partial charge is 0.416 e. The van der Waals surface area contributed by atoms with Crippen LogP contribution in [-0.2, 0) is 6.18 Å². The zero-order valence-corrected chi connectivity index (χ0v) is 12.8. The molecule has 0 radical (unpaired) electrons. The minimum atomic E-state index is -4.39. The van der Waals surface area contributed by atoms with Gasteiger partial charge in [-0.05, 0) is 42.7 Å². The first kappa shape index (κ1) is 16.2. The van der Waals surface area contributed by atoms with Crippen LogP contribution < -0.4 is 4.90 Å². The van der Waals surface area contributed by atoms with E-state index in [4.69, 9.17) is 4.42 Å². The van der Waals surface area contributed by atoms with E-state index >= 15 is 0 Å². The second kappa shape index (κ2) is 6.44. The van der Waals surface area contributed by atoms with Gasteiger partial charge in [-0.1, -0.05) is 12.1 Å². The summed E-state index contributed by atoms with van der Waals surface area (Å²) in [6, 6.07) is 10.1. The molecule has 3 nitrogen and oxygen atoms in total. The molecule has 0 bridgehead atoms. The Kier molecular flexibility index (Phi) is 4.34. The van der Waals surface area contributed by atoms with Gasteiger partial charge in [-0.15, -0.1) is 0 Å². The molecule has 1 fully saturated rings. The fourth-order valence-corrected chi connectivity index (χ4v) is 2.69. The number of hydrogen-bond donors (Lipinski definition) is 0. The maximum atomic E-state index is 12.6. The summed E-state index contributed by atoms with van der Waals surface area (Å²) in [5, 5.41) is 9.30. The van der Waals surface area contributed by atoms with Gasteiger partial charge in [-0.25, -0.2) is 0 Å². The van der Waals surface area contributed by atoms with Crippen molar-refractivity contribution in [2.45, 2.75) is 19.0 Å². The third-order valence-corrected chi connectivity index (χ3v) is 3.96. The Balaban J connectivity index is 1.83. The lowest BCUT2D eigenvalue weighted by atomic mass is 10.0. The van der Waals surface area contributed by atoms with E-state index in [-0.39, 0.29) is 5.57 Å². The van der Waals surface area contributed by atoms with Crippen molar-refractivity contribution in [3.63, 3.8) is 0 Å². The highest BCUT2D eigenvalue weighted by Crippen LogP contribution is 2.31. The first-order valence-electron chi connectivity index (χ1n) is 7.61. The van der Waals surface area contributed by atoms with Gasteiger partial charge in [0.25, 0.3) is 0 Å². The molecule has 1 aromatic heterocycles. The molecule has 0 atom stereocenters. The van der Waals surface area contributed by atoms with Gasteiger partial charge in [0.2, 0.25) is 0 Å². The number of hydrogen-bond acceptors (Lipinski definition) is 3. The molecule has 1 aliphatic heterocycles. The molecular formula is C18H15F3N2O. The van der Waals surface area contributed by atoms with Crippen molar-refractivity contribution in [3.05, 3.63) is 53.3 Å². The average molecular weight is 332 g/mol. The van der Waals surface area contributed by atoms with Crippen molar-refractivity contribution in [1.82, 2.24) is 0 Å². The number of rotatable bonds is 3. The van der Waals surface area contributed by atoms with Gasteiger partial charge in [0.15, 0.2) is 5.88 Å². The summed E-state index contributed by atoms with van der Waals surface area (Å²) in [7, 11) is 0. The van der Waals surface area contributed by atoms with Gasteiger partial charge in [-0.2, -0.15) is 18.4 Å². The molecular weight excluding hydrogens is 317 g/mol. The van der Waals surface area contributed by atoms with E-state index in [1.807, 2.05) is 12.1 Å². The molecule has 6 heteroatoms. The summed E-state index contributed by atoms with van der Waals surface area (Å²) < 4.78 is 43.5. The van der Waals surface area contributed by atoms with Crippen molar-refractivity contribution in [2.24, 2.45) is 0 Å². The highest BCUT2D eigenvalue weighted by Gasteiger charge is 2.30. The van der Waals surface area contributed by atoms with Crippen LogP contribution in [0.15, 0.2) is 40.8 Å². The highest BCUT2D eigenvalue weighted by atomic mass is 19.4. The molecule has 124 valence electrons. The van der Waals surface area contributed by atoms with Gasteiger partial charge in [0, 0.05) is 19.2 Å². The van der Waals surface area contributed by atoms with Crippen LogP contribution in [0.4, 0.5) is 19.1 Å². The number of furan rings is 1. The Bertz CT molecular complexity index is 776. The van der Waals surface area contributed by atoms with Crippen molar-refractivity contribution >= 4 is 17.5 Å². The molecule has 0 N–H and O–H groups in total. The standard InChI is InChI=1S/C18H15F3N2O/c19-18(20,21)15-5-3-13(4-6-15)14(12-22)11-16-7-8-17(24-16)23-9-1-2-10-23/h3-8,11H,1-2,9-10H2/b14-11-.